The van der Waals surface area contributed by atoms with Crippen molar-refractivity contribution in [2.24, 2.45) is 5.92 Å². The summed E-state index contributed by atoms with van der Waals surface area (Å²) in [6.07, 6.45) is 9.61. The summed E-state index contributed by atoms with van der Waals surface area (Å²) in [5.41, 5.74) is 2.39. The van der Waals surface area contributed by atoms with Gasteiger partial charge in [-0.2, -0.15) is 0 Å². The fourth-order valence-electron chi connectivity index (χ4n) is 3.61. The van der Waals surface area contributed by atoms with Gasteiger partial charge in [0.1, 0.15) is 12.7 Å². The van der Waals surface area contributed by atoms with Gasteiger partial charge in [0.05, 0.1) is 11.2 Å². The largest absolute Gasteiger partial charge is 0.347 e. The van der Waals surface area contributed by atoms with E-state index in [1.807, 2.05) is 4.57 Å². The number of hydrogen-bond acceptors (Lipinski definition) is 3. The molecule has 1 aliphatic rings. The molecule has 0 atom stereocenters. The molecule has 1 fully saturated rings. The first-order valence-corrected chi connectivity index (χ1v) is 8.96. The van der Waals surface area contributed by atoms with Gasteiger partial charge in [-0.15, -0.1) is 10.2 Å². The number of nitrogens with zero attached hydrogens (tertiary/aromatic N) is 5. The van der Waals surface area contributed by atoms with Gasteiger partial charge in [-0.25, -0.2) is 0 Å². The standard InChI is InChI=1S/C19H25N5/c1-16-5-10-22(11-6-16)8-2-9-23-12-7-17-3-4-18(13-19(17)23)24-14-20-21-15-24/h3-4,7,12-16H,2,5-6,8-11H2,1H3. The number of likely N-dealkylation sites (tertiary alicyclic amines) is 1. The molecule has 126 valence electrons. The Morgan fingerprint density at radius 2 is 1.83 bits per heavy atom. The molecule has 24 heavy (non-hydrogen) atoms. The van der Waals surface area contributed by atoms with Crippen molar-refractivity contribution in [3.05, 3.63) is 43.1 Å². The van der Waals surface area contributed by atoms with Crippen LogP contribution >= 0.6 is 0 Å². The second kappa shape index (κ2) is 6.77. The summed E-state index contributed by atoms with van der Waals surface area (Å²) in [4.78, 5) is 2.62. The average Bonchev–Trinajstić information content (AvgIpc) is 3.26. The molecule has 0 bridgehead atoms. The van der Waals surface area contributed by atoms with Crippen molar-refractivity contribution in [3.63, 3.8) is 0 Å². The van der Waals surface area contributed by atoms with Crippen LogP contribution in [0.1, 0.15) is 26.2 Å². The summed E-state index contributed by atoms with van der Waals surface area (Å²) in [6, 6.07) is 8.72. The third kappa shape index (κ3) is 3.22. The third-order valence-corrected chi connectivity index (χ3v) is 5.22. The van der Waals surface area contributed by atoms with Crippen molar-refractivity contribution in [3.8, 4) is 5.69 Å². The van der Waals surface area contributed by atoms with Crippen LogP contribution in [0.15, 0.2) is 43.1 Å². The highest BCUT2D eigenvalue weighted by Gasteiger charge is 2.15. The lowest BCUT2D eigenvalue weighted by Gasteiger charge is -2.30. The van der Waals surface area contributed by atoms with Crippen molar-refractivity contribution in [2.45, 2.75) is 32.7 Å². The Hall–Kier alpha value is -2.14. The second-order valence-corrected chi connectivity index (χ2v) is 7.00. The quantitative estimate of drug-likeness (QED) is 0.723. The molecule has 0 radical (unpaired) electrons. The summed E-state index contributed by atoms with van der Waals surface area (Å²) in [6.45, 7) is 7.19. The predicted molar refractivity (Wildman–Crippen MR) is 96.3 cm³/mol. The number of rotatable bonds is 5. The second-order valence-electron chi connectivity index (χ2n) is 7.00. The Morgan fingerprint density at radius 1 is 1.04 bits per heavy atom. The van der Waals surface area contributed by atoms with Gasteiger partial charge in [-0.3, -0.25) is 4.57 Å². The van der Waals surface area contributed by atoms with E-state index in [2.05, 4.69) is 57.1 Å². The molecular formula is C19H25N5. The van der Waals surface area contributed by atoms with E-state index in [9.17, 15) is 0 Å². The minimum atomic E-state index is 0.908. The molecular weight excluding hydrogens is 298 g/mol. The number of hydrogen-bond donors (Lipinski definition) is 0. The van der Waals surface area contributed by atoms with Crippen molar-refractivity contribution < 1.29 is 0 Å². The molecule has 1 aliphatic heterocycles. The van der Waals surface area contributed by atoms with Crippen LogP contribution in [0.2, 0.25) is 0 Å². The molecule has 0 N–H and O–H groups in total. The number of fused-ring (bicyclic) bond motifs is 1. The van der Waals surface area contributed by atoms with Crippen molar-refractivity contribution in [1.82, 2.24) is 24.2 Å². The van der Waals surface area contributed by atoms with E-state index in [0.29, 0.717) is 0 Å². The fraction of sp³-hybridized carbons (Fsp3) is 0.474. The highest BCUT2D eigenvalue weighted by Crippen LogP contribution is 2.21. The third-order valence-electron chi connectivity index (χ3n) is 5.22. The molecule has 3 heterocycles. The van der Waals surface area contributed by atoms with Crippen LogP contribution in [0, 0.1) is 5.92 Å². The van der Waals surface area contributed by atoms with Crippen LogP contribution in [0.25, 0.3) is 16.6 Å². The Morgan fingerprint density at radius 3 is 2.62 bits per heavy atom. The first-order valence-electron chi connectivity index (χ1n) is 8.96. The number of aromatic nitrogens is 4. The van der Waals surface area contributed by atoms with Crippen LogP contribution in [0.4, 0.5) is 0 Å². The van der Waals surface area contributed by atoms with Crippen LogP contribution in [-0.2, 0) is 6.54 Å². The van der Waals surface area contributed by atoms with Crippen LogP contribution in [0.5, 0.6) is 0 Å². The fourth-order valence-corrected chi connectivity index (χ4v) is 3.61. The summed E-state index contributed by atoms with van der Waals surface area (Å²) in [7, 11) is 0. The summed E-state index contributed by atoms with van der Waals surface area (Å²) in [5, 5.41) is 9.08. The van der Waals surface area contributed by atoms with Gasteiger partial charge >= 0.3 is 0 Å². The zero-order valence-corrected chi connectivity index (χ0v) is 14.3. The van der Waals surface area contributed by atoms with Crippen LogP contribution in [0.3, 0.4) is 0 Å². The Balaban J connectivity index is 1.43. The SMILES string of the molecule is CC1CCN(CCCn2ccc3ccc(-n4cnnc4)cc32)CC1. The highest BCUT2D eigenvalue weighted by atomic mass is 15.2. The lowest BCUT2D eigenvalue weighted by molar-refractivity contribution is 0.188. The molecule has 2 aromatic heterocycles. The first kappa shape index (κ1) is 15.4. The van der Waals surface area contributed by atoms with E-state index in [4.69, 9.17) is 0 Å². The van der Waals surface area contributed by atoms with Crippen molar-refractivity contribution in [1.29, 1.82) is 0 Å². The van der Waals surface area contributed by atoms with Gasteiger partial charge in [-0.1, -0.05) is 13.0 Å². The van der Waals surface area contributed by atoms with Gasteiger partial charge in [-0.05, 0) is 68.4 Å². The molecule has 0 saturated carbocycles. The maximum Gasteiger partial charge on any atom is 0.123 e. The summed E-state index contributed by atoms with van der Waals surface area (Å²) in [5.74, 6) is 0.908. The van der Waals surface area contributed by atoms with Crippen LogP contribution < -0.4 is 0 Å². The van der Waals surface area contributed by atoms with Gasteiger partial charge < -0.3 is 9.47 Å². The Bertz CT molecular complexity index is 781. The Kier molecular flexibility index (Phi) is 4.34. The average molecular weight is 323 g/mol. The van der Waals surface area contributed by atoms with Gasteiger partial charge in [0.15, 0.2) is 0 Å². The van der Waals surface area contributed by atoms with E-state index in [1.54, 1.807) is 12.7 Å². The predicted octanol–water partition coefficient (Wildman–Crippen LogP) is 3.34. The van der Waals surface area contributed by atoms with Crippen molar-refractivity contribution >= 4 is 10.9 Å². The van der Waals surface area contributed by atoms with Gasteiger partial charge in [0.2, 0.25) is 0 Å². The molecule has 5 nitrogen and oxygen atoms in total. The maximum atomic E-state index is 3.90. The molecule has 0 unspecified atom stereocenters. The highest BCUT2D eigenvalue weighted by molar-refractivity contribution is 5.82. The smallest absolute Gasteiger partial charge is 0.123 e. The number of benzene rings is 1. The van der Waals surface area contributed by atoms with E-state index in [-0.39, 0.29) is 0 Å². The lowest BCUT2D eigenvalue weighted by Crippen LogP contribution is -2.33. The summed E-state index contributed by atoms with van der Waals surface area (Å²) < 4.78 is 4.32. The Labute approximate surface area is 142 Å². The van der Waals surface area contributed by atoms with Gasteiger partial charge in [0.25, 0.3) is 0 Å². The molecule has 3 aromatic rings. The van der Waals surface area contributed by atoms with E-state index < -0.39 is 0 Å². The molecule has 1 aromatic carbocycles. The molecule has 0 aliphatic carbocycles. The summed E-state index contributed by atoms with van der Waals surface area (Å²) >= 11 is 0. The first-order chi connectivity index (χ1) is 11.8. The maximum absolute atomic E-state index is 3.90. The van der Waals surface area contributed by atoms with Crippen LogP contribution in [-0.4, -0.2) is 43.9 Å². The molecule has 4 rings (SSSR count). The molecule has 1 saturated heterocycles. The minimum absolute atomic E-state index is 0.908. The van der Waals surface area contributed by atoms with E-state index >= 15 is 0 Å². The molecule has 5 heteroatoms. The molecule has 0 spiro atoms. The normalized spacial score (nSPS) is 16.9. The zero-order valence-electron chi connectivity index (χ0n) is 14.3. The van der Waals surface area contributed by atoms with Gasteiger partial charge in [0, 0.05) is 12.7 Å². The van der Waals surface area contributed by atoms with Crippen molar-refractivity contribution in [2.75, 3.05) is 19.6 Å². The zero-order chi connectivity index (χ0) is 16.4. The lowest BCUT2D eigenvalue weighted by atomic mass is 9.99. The minimum Gasteiger partial charge on any atom is -0.347 e. The van der Waals surface area contributed by atoms with E-state index in [0.717, 1.165) is 18.2 Å². The number of piperidine rings is 1. The topological polar surface area (TPSA) is 38.9 Å². The molecule has 0 amide bonds. The van der Waals surface area contributed by atoms with E-state index in [1.165, 1.54) is 49.8 Å². The monoisotopic (exact) mass is 323 g/mol. The number of aryl methyl sites for hydroxylation is 1.